The van der Waals surface area contributed by atoms with Crippen molar-refractivity contribution in [1.82, 2.24) is 14.9 Å². The molecule has 2 aliphatic heterocycles. The fraction of sp³-hybridized carbons (Fsp3) is 0.542. The largest absolute Gasteiger partial charge is 0.481 e. The number of carbonyl (C=O) groups is 1. The highest BCUT2D eigenvalue weighted by atomic mass is 35.5. The van der Waals surface area contributed by atoms with E-state index in [9.17, 15) is 9.18 Å². The molecule has 1 aromatic carbocycles. The minimum absolute atomic E-state index is 0.154. The van der Waals surface area contributed by atoms with E-state index in [0.717, 1.165) is 51.0 Å². The van der Waals surface area contributed by atoms with E-state index < -0.39 is 11.8 Å². The number of halogens is 3. The number of aromatic nitrogens is 2. The van der Waals surface area contributed by atoms with E-state index in [1.807, 2.05) is 0 Å². The molecule has 182 valence electrons. The Balaban J connectivity index is 1.15. The van der Waals surface area contributed by atoms with E-state index in [4.69, 9.17) is 28.3 Å². The van der Waals surface area contributed by atoms with Crippen molar-refractivity contribution in [2.24, 2.45) is 17.8 Å². The van der Waals surface area contributed by atoms with E-state index in [1.54, 1.807) is 18.2 Å². The molecule has 2 N–H and O–H groups in total. The summed E-state index contributed by atoms with van der Waals surface area (Å²) in [7, 11) is 0. The maximum Gasteiger partial charge on any atom is 0.306 e. The molecule has 1 aromatic heterocycles. The van der Waals surface area contributed by atoms with Crippen molar-refractivity contribution >= 4 is 40.9 Å². The molecule has 2 saturated heterocycles. The first-order valence-corrected chi connectivity index (χ1v) is 12.5. The van der Waals surface area contributed by atoms with Crippen molar-refractivity contribution in [1.29, 1.82) is 0 Å². The Morgan fingerprint density at radius 2 is 2.00 bits per heavy atom. The third-order valence-electron chi connectivity index (χ3n) is 7.52. The van der Waals surface area contributed by atoms with E-state index in [1.165, 1.54) is 12.6 Å². The monoisotopic (exact) mass is 507 g/mol. The van der Waals surface area contributed by atoms with Gasteiger partial charge < -0.3 is 20.2 Å². The molecule has 10 heteroatoms. The second kappa shape index (κ2) is 9.84. The second-order valence-corrected chi connectivity index (χ2v) is 10.5. The Kier molecular flexibility index (Phi) is 6.82. The molecule has 1 aliphatic carbocycles. The molecule has 34 heavy (non-hydrogen) atoms. The fourth-order valence-corrected chi connectivity index (χ4v) is 5.77. The summed E-state index contributed by atoms with van der Waals surface area (Å²) >= 11 is 12.2. The number of carboxylic acid groups (broad SMARTS) is 1. The number of hydrogen-bond donors (Lipinski definition) is 2. The minimum Gasteiger partial charge on any atom is -0.481 e. The quantitative estimate of drug-likeness (QED) is 0.568. The van der Waals surface area contributed by atoms with Gasteiger partial charge in [0.15, 0.2) is 11.6 Å². The van der Waals surface area contributed by atoms with E-state index in [2.05, 4.69) is 25.1 Å². The summed E-state index contributed by atoms with van der Waals surface area (Å²) in [6, 6.07) is 5.62. The maximum atomic E-state index is 14.3. The molecule has 0 spiro atoms. The first kappa shape index (κ1) is 23.6. The van der Waals surface area contributed by atoms with E-state index in [0.29, 0.717) is 40.4 Å². The number of benzene rings is 1. The van der Waals surface area contributed by atoms with Crippen LogP contribution in [0.3, 0.4) is 0 Å². The maximum absolute atomic E-state index is 14.3. The molecule has 1 unspecified atom stereocenters. The number of piperidine rings is 1. The van der Waals surface area contributed by atoms with Crippen LogP contribution in [0.5, 0.6) is 0 Å². The zero-order valence-electron chi connectivity index (χ0n) is 18.8. The molecular weight excluding hydrogens is 480 g/mol. The minimum atomic E-state index is -0.663. The lowest BCUT2D eigenvalue weighted by Crippen LogP contribution is -2.56. The van der Waals surface area contributed by atoms with Crippen LogP contribution in [0.15, 0.2) is 24.4 Å². The molecule has 7 nitrogen and oxygen atoms in total. The predicted molar refractivity (Wildman–Crippen MR) is 130 cm³/mol. The van der Waals surface area contributed by atoms with Gasteiger partial charge in [0.1, 0.15) is 0 Å². The third kappa shape index (κ3) is 4.95. The first-order valence-electron chi connectivity index (χ1n) is 11.8. The van der Waals surface area contributed by atoms with Gasteiger partial charge in [0, 0.05) is 42.3 Å². The highest BCUT2D eigenvalue weighted by molar-refractivity contribution is 6.35. The Morgan fingerprint density at radius 3 is 2.74 bits per heavy atom. The van der Waals surface area contributed by atoms with Crippen molar-refractivity contribution in [2.45, 2.75) is 38.3 Å². The van der Waals surface area contributed by atoms with Gasteiger partial charge in [0.05, 0.1) is 12.1 Å². The fourth-order valence-electron chi connectivity index (χ4n) is 5.30. The van der Waals surface area contributed by atoms with Gasteiger partial charge in [0.25, 0.3) is 0 Å². The number of carboxylic acids is 1. The van der Waals surface area contributed by atoms with Crippen LogP contribution in [0.2, 0.25) is 10.0 Å². The summed E-state index contributed by atoms with van der Waals surface area (Å²) < 4.78 is 14.3. The Bertz CT molecular complexity index is 1060. The molecule has 3 aliphatic rings. The molecule has 1 saturated carbocycles. The van der Waals surface area contributed by atoms with E-state index >= 15 is 0 Å². The Hall–Kier alpha value is -2.16. The van der Waals surface area contributed by atoms with Gasteiger partial charge in [-0.3, -0.25) is 4.79 Å². The van der Waals surface area contributed by atoms with Crippen molar-refractivity contribution < 1.29 is 14.3 Å². The van der Waals surface area contributed by atoms with Crippen molar-refractivity contribution in [3.63, 3.8) is 0 Å². The summed E-state index contributed by atoms with van der Waals surface area (Å²) in [6.45, 7) is 4.14. The van der Waals surface area contributed by atoms with Crippen molar-refractivity contribution in [2.75, 3.05) is 36.4 Å². The summed E-state index contributed by atoms with van der Waals surface area (Å²) in [5, 5.41) is 13.2. The molecular formula is C24H28Cl2FN5O2. The molecule has 3 heterocycles. The van der Waals surface area contributed by atoms with Crippen LogP contribution in [0.1, 0.15) is 31.2 Å². The van der Waals surface area contributed by atoms with Gasteiger partial charge in [-0.25, -0.2) is 9.37 Å². The zero-order valence-corrected chi connectivity index (χ0v) is 20.3. The standard InChI is InChI=1S/C24H28Cl2FN5O2/c25-18-4-3-14(20(26)8-18)9-28-22-21(27)10-29-24(30-22)32-12-17(13-32)15-2-1-5-31(11-15)19-6-16(7-19)23(33)34/h3-4,8,10,15-17,19H,1-2,5-7,9,11-13H2,(H,33,34)(H,28,29,30). The van der Waals surface area contributed by atoms with Crippen molar-refractivity contribution in [3.05, 3.63) is 45.8 Å². The van der Waals surface area contributed by atoms with Crippen LogP contribution >= 0.6 is 23.2 Å². The average Bonchev–Trinajstić information content (AvgIpc) is 2.73. The molecule has 0 amide bonds. The highest BCUT2D eigenvalue weighted by Gasteiger charge is 2.42. The van der Waals surface area contributed by atoms with Gasteiger partial charge in [-0.05, 0) is 61.8 Å². The van der Waals surface area contributed by atoms with Crippen LogP contribution in [0.25, 0.3) is 0 Å². The average molecular weight is 508 g/mol. The summed E-state index contributed by atoms with van der Waals surface area (Å²) in [5.41, 5.74) is 0.803. The highest BCUT2D eigenvalue weighted by Crippen LogP contribution is 2.38. The normalized spacial score (nSPS) is 25.5. The Labute approximate surface area is 208 Å². The molecule has 3 fully saturated rings. The van der Waals surface area contributed by atoms with Crippen LogP contribution < -0.4 is 10.2 Å². The molecule has 1 atom stereocenters. The number of aliphatic carboxylic acids is 1. The molecule has 0 bridgehead atoms. The van der Waals surface area contributed by atoms with Gasteiger partial charge in [-0.15, -0.1) is 0 Å². The smallest absolute Gasteiger partial charge is 0.306 e. The second-order valence-electron chi connectivity index (χ2n) is 9.68. The SMILES string of the molecule is O=C(O)C1CC(N2CCCC(C3CN(c4ncc(F)c(NCc5ccc(Cl)cc5Cl)n4)C3)C2)C1. The summed E-state index contributed by atoms with van der Waals surface area (Å²) in [6.07, 6.45) is 5.12. The lowest BCUT2D eigenvalue weighted by atomic mass is 9.76. The lowest BCUT2D eigenvalue weighted by molar-refractivity contribution is -0.147. The third-order valence-corrected chi connectivity index (χ3v) is 8.11. The van der Waals surface area contributed by atoms with Crippen LogP contribution in [0.4, 0.5) is 16.2 Å². The van der Waals surface area contributed by atoms with Crippen LogP contribution in [-0.2, 0) is 11.3 Å². The molecule has 2 aromatic rings. The lowest BCUT2D eigenvalue weighted by Gasteiger charge is -2.50. The van der Waals surface area contributed by atoms with Gasteiger partial charge >= 0.3 is 5.97 Å². The predicted octanol–water partition coefficient (Wildman–Crippen LogP) is 4.55. The van der Waals surface area contributed by atoms with Gasteiger partial charge in [-0.2, -0.15) is 4.98 Å². The number of hydrogen-bond acceptors (Lipinski definition) is 6. The Morgan fingerprint density at radius 1 is 1.21 bits per heavy atom. The van der Waals surface area contributed by atoms with Crippen LogP contribution in [0, 0.1) is 23.6 Å². The zero-order chi connectivity index (χ0) is 23.8. The summed E-state index contributed by atoms with van der Waals surface area (Å²) in [4.78, 5) is 24.3. The topological polar surface area (TPSA) is 81.6 Å². The van der Waals surface area contributed by atoms with Crippen LogP contribution in [-0.4, -0.2) is 58.2 Å². The molecule has 5 rings (SSSR count). The first-order chi connectivity index (χ1) is 16.4. The summed E-state index contributed by atoms with van der Waals surface area (Å²) in [5.74, 6) is 0.492. The van der Waals surface area contributed by atoms with E-state index in [-0.39, 0.29) is 11.7 Å². The number of likely N-dealkylation sites (tertiary alicyclic amines) is 1. The van der Waals surface area contributed by atoms with Gasteiger partial charge in [0.2, 0.25) is 5.95 Å². The number of rotatable bonds is 7. The number of nitrogens with one attached hydrogen (secondary N) is 1. The number of nitrogens with zero attached hydrogens (tertiary/aromatic N) is 4. The molecule has 0 radical (unpaired) electrons. The number of anilines is 2. The van der Waals surface area contributed by atoms with Gasteiger partial charge in [-0.1, -0.05) is 29.3 Å². The van der Waals surface area contributed by atoms with Crippen molar-refractivity contribution in [3.8, 4) is 0 Å².